The van der Waals surface area contributed by atoms with Crippen LogP contribution in [0.5, 0.6) is 5.75 Å². The summed E-state index contributed by atoms with van der Waals surface area (Å²) < 4.78 is 0. The number of nitro groups is 1. The first-order valence-electron chi connectivity index (χ1n) is 9.47. The van der Waals surface area contributed by atoms with Crippen molar-refractivity contribution in [1.29, 1.82) is 0 Å². The molecule has 0 spiro atoms. The lowest BCUT2D eigenvalue weighted by Crippen LogP contribution is -2.46. The normalized spacial score (nSPS) is 14.9. The number of nitrogens with zero attached hydrogens (tertiary/aromatic N) is 5. The van der Waals surface area contributed by atoms with Crippen LogP contribution in [0.3, 0.4) is 0 Å². The highest BCUT2D eigenvalue weighted by Crippen LogP contribution is 2.22. The smallest absolute Gasteiger partial charge is 0.271 e. The number of hydrogen-bond acceptors (Lipinski definition) is 8. The van der Waals surface area contributed by atoms with Crippen LogP contribution in [0.4, 0.5) is 11.4 Å². The summed E-state index contributed by atoms with van der Waals surface area (Å²) >= 11 is 1.61. The second-order valence-electron chi connectivity index (χ2n) is 6.74. The monoisotopic (exact) mass is 403 g/mol. The first kappa shape index (κ1) is 20.3. The molecule has 1 aliphatic heterocycles. The van der Waals surface area contributed by atoms with Crippen molar-refractivity contribution in [3.05, 3.63) is 46.8 Å². The third-order valence-corrected chi connectivity index (χ3v) is 5.70. The summed E-state index contributed by atoms with van der Waals surface area (Å²) in [7, 11) is 0. The molecule has 3 rings (SSSR count). The number of benzene rings is 1. The molecular formula is C19H25N5O3S. The van der Waals surface area contributed by atoms with Crippen LogP contribution in [0.15, 0.2) is 41.8 Å². The van der Waals surface area contributed by atoms with Crippen molar-refractivity contribution in [1.82, 2.24) is 14.9 Å². The van der Waals surface area contributed by atoms with E-state index in [-0.39, 0.29) is 16.4 Å². The van der Waals surface area contributed by atoms with E-state index in [4.69, 9.17) is 5.11 Å². The predicted molar refractivity (Wildman–Crippen MR) is 110 cm³/mol. The molecule has 0 atom stereocenters. The summed E-state index contributed by atoms with van der Waals surface area (Å²) in [6.45, 7) is 4.85. The summed E-state index contributed by atoms with van der Waals surface area (Å²) in [5.74, 6) is 1.07. The lowest BCUT2D eigenvalue weighted by molar-refractivity contribution is -0.384. The lowest BCUT2D eigenvalue weighted by atomic mass is 10.2. The van der Waals surface area contributed by atoms with E-state index in [2.05, 4.69) is 19.8 Å². The Hall–Kier alpha value is -2.39. The fraction of sp³-hybridized carbons (Fsp3) is 0.474. The van der Waals surface area contributed by atoms with Crippen LogP contribution in [-0.2, 0) is 0 Å². The third kappa shape index (κ3) is 6.07. The number of aromatic nitrogens is 2. The second kappa shape index (κ2) is 10.2. The van der Waals surface area contributed by atoms with Crippen molar-refractivity contribution in [3.8, 4) is 5.75 Å². The molecule has 1 N–H and O–H groups in total. The van der Waals surface area contributed by atoms with Gasteiger partial charge in [-0.2, -0.15) is 0 Å². The summed E-state index contributed by atoms with van der Waals surface area (Å²) in [5, 5.41) is 20.8. The molecule has 0 saturated carbocycles. The quantitative estimate of drug-likeness (QED) is 0.224. The summed E-state index contributed by atoms with van der Waals surface area (Å²) in [6.07, 6.45) is 6.28. The second-order valence-corrected chi connectivity index (χ2v) is 7.80. The molecule has 1 saturated heterocycles. The maximum Gasteiger partial charge on any atom is 0.271 e. The zero-order valence-electron chi connectivity index (χ0n) is 15.7. The number of hydrogen-bond donors (Lipinski definition) is 1. The Kier molecular flexibility index (Phi) is 7.44. The van der Waals surface area contributed by atoms with Gasteiger partial charge in [-0.05, 0) is 25.5 Å². The van der Waals surface area contributed by atoms with Gasteiger partial charge in [-0.1, -0.05) is 24.2 Å². The average molecular weight is 404 g/mol. The third-order valence-electron chi connectivity index (χ3n) is 4.74. The largest absolute Gasteiger partial charge is 0.505 e. The molecule has 2 aromatic rings. The lowest BCUT2D eigenvalue weighted by Gasteiger charge is -2.36. The molecule has 150 valence electrons. The van der Waals surface area contributed by atoms with E-state index in [0.29, 0.717) is 5.16 Å². The van der Waals surface area contributed by atoms with Gasteiger partial charge in [0.2, 0.25) is 0 Å². The molecule has 0 aliphatic carbocycles. The van der Waals surface area contributed by atoms with Gasteiger partial charge in [0.25, 0.3) is 5.69 Å². The number of non-ortho nitro benzene ring substituents is 1. The van der Waals surface area contributed by atoms with Crippen LogP contribution in [0.2, 0.25) is 0 Å². The van der Waals surface area contributed by atoms with E-state index in [1.807, 2.05) is 6.07 Å². The molecule has 1 aliphatic rings. The number of thioether (sulfide) groups is 1. The minimum atomic E-state index is -0.341. The number of nitro benzene ring substituents is 1. The van der Waals surface area contributed by atoms with E-state index >= 15 is 0 Å². The van der Waals surface area contributed by atoms with Crippen LogP contribution in [0, 0.1) is 10.1 Å². The Morgan fingerprint density at radius 2 is 1.86 bits per heavy atom. The minimum absolute atomic E-state index is 0.0925. The molecule has 0 unspecified atom stereocenters. The van der Waals surface area contributed by atoms with Gasteiger partial charge in [0.1, 0.15) is 0 Å². The van der Waals surface area contributed by atoms with Crippen molar-refractivity contribution in [2.45, 2.75) is 24.4 Å². The van der Waals surface area contributed by atoms with Gasteiger partial charge in [-0.25, -0.2) is 9.97 Å². The van der Waals surface area contributed by atoms with Crippen molar-refractivity contribution >= 4 is 23.1 Å². The molecule has 9 heteroatoms. The van der Waals surface area contributed by atoms with Gasteiger partial charge in [-0.15, -0.1) is 0 Å². The van der Waals surface area contributed by atoms with Crippen molar-refractivity contribution < 1.29 is 10.0 Å². The average Bonchev–Trinajstić information content (AvgIpc) is 2.72. The Bertz CT molecular complexity index is 766. The maximum atomic E-state index is 10.9. The first-order chi connectivity index (χ1) is 13.6. The molecule has 1 aromatic carbocycles. The van der Waals surface area contributed by atoms with Crippen LogP contribution in [0.25, 0.3) is 0 Å². The van der Waals surface area contributed by atoms with Gasteiger partial charge in [0, 0.05) is 49.8 Å². The van der Waals surface area contributed by atoms with Gasteiger partial charge >= 0.3 is 0 Å². The van der Waals surface area contributed by atoms with Gasteiger partial charge in [-0.3, -0.25) is 15.0 Å². The summed E-state index contributed by atoms with van der Waals surface area (Å²) in [5.41, 5.74) is 1.08. The van der Waals surface area contributed by atoms with Gasteiger partial charge in [0.05, 0.1) is 17.3 Å². The van der Waals surface area contributed by atoms with E-state index in [1.54, 1.807) is 23.9 Å². The molecule has 8 nitrogen and oxygen atoms in total. The number of aromatic hydroxyl groups is 1. The molecular weight excluding hydrogens is 378 g/mol. The molecule has 0 radical (unpaired) electrons. The maximum absolute atomic E-state index is 10.9. The predicted octanol–water partition coefficient (Wildman–Crippen LogP) is 3.18. The van der Waals surface area contributed by atoms with Crippen molar-refractivity contribution in [3.63, 3.8) is 0 Å². The Balaban J connectivity index is 1.30. The molecule has 0 bridgehead atoms. The molecule has 28 heavy (non-hydrogen) atoms. The van der Waals surface area contributed by atoms with E-state index in [0.717, 1.165) is 63.4 Å². The number of rotatable bonds is 9. The van der Waals surface area contributed by atoms with Crippen LogP contribution in [-0.4, -0.2) is 63.4 Å². The molecule has 0 amide bonds. The Morgan fingerprint density at radius 1 is 1.11 bits per heavy atom. The van der Waals surface area contributed by atoms with Crippen molar-refractivity contribution in [2.24, 2.45) is 0 Å². The number of anilines is 1. The highest BCUT2D eigenvalue weighted by molar-refractivity contribution is 7.99. The zero-order chi connectivity index (χ0) is 19.8. The highest BCUT2D eigenvalue weighted by Gasteiger charge is 2.18. The summed E-state index contributed by atoms with van der Waals surface area (Å²) in [4.78, 5) is 23.4. The minimum Gasteiger partial charge on any atom is -0.505 e. The van der Waals surface area contributed by atoms with E-state index in [9.17, 15) is 10.1 Å². The molecule has 1 fully saturated rings. The Morgan fingerprint density at radius 3 is 2.57 bits per heavy atom. The van der Waals surface area contributed by atoms with Gasteiger partial charge < -0.3 is 10.0 Å². The zero-order valence-corrected chi connectivity index (χ0v) is 16.6. The topological polar surface area (TPSA) is 95.6 Å². The van der Waals surface area contributed by atoms with Crippen LogP contribution < -0.4 is 4.90 Å². The molecule has 2 heterocycles. The summed E-state index contributed by atoms with van der Waals surface area (Å²) in [6, 6.07) is 6.89. The van der Waals surface area contributed by atoms with E-state index < -0.39 is 0 Å². The first-order valence-corrected chi connectivity index (χ1v) is 10.5. The fourth-order valence-electron chi connectivity index (χ4n) is 3.19. The number of piperazine rings is 1. The molecule has 1 aromatic heterocycles. The fourth-order valence-corrected chi connectivity index (χ4v) is 3.98. The number of unbranched alkanes of at least 4 members (excludes halogenated alkanes) is 2. The van der Waals surface area contributed by atoms with Gasteiger partial charge in [0.15, 0.2) is 10.9 Å². The Labute approximate surface area is 168 Å². The van der Waals surface area contributed by atoms with Crippen LogP contribution >= 0.6 is 11.8 Å². The van der Waals surface area contributed by atoms with Crippen LogP contribution in [0.1, 0.15) is 19.3 Å². The highest BCUT2D eigenvalue weighted by atomic mass is 32.2. The standard InChI is InChI=1S/C19H25N5O3S/c25-18-14-20-19(21-15-18)28-12-3-1-2-7-22-8-10-23(11-9-22)16-5-4-6-17(13-16)24(26)27/h4-6,13-15,25H,1-3,7-12H2. The van der Waals surface area contributed by atoms with E-state index in [1.165, 1.54) is 18.5 Å². The van der Waals surface area contributed by atoms with Crippen molar-refractivity contribution in [2.75, 3.05) is 43.4 Å². The SMILES string of the molecule is O=[N+]([O-])c1cccc(N2CCN(CCCCCSc3ncc(O)cn3)CC2)c1.